The molecule has 4 rings (SSSR count). The molecular formula is C20H14N4O. The summed E-state index contributed by atoms with van der Waals surface area (Å²) >= 11 is 0. The third-order valence-electron chi connectivity index (χ3n) is 4.19. The van der Waals surface area contributed by atoms with Gasteiger partial charge in [-0.2, -0.15) is 15.6 Å². The molecule has 5 nitrogen and oxygen atoms in total. The molecule has 0 fully saturated rings. The summed E-state index contributed by atoms with van der Waals surface area (Å²) in [6, 6.07) is 22.4. The number of nitriles is 1. The monoisotopic (exact) mass is 326 g/mol. The fourth-order valence-electron chi connectivity index (χ4n) is 2.86. The van der Waals surface area contributed by atoms with Gasteiger partial charge in [-0.1, -0.05) is 42.5 Å². The number of nitrogens with zero attached hydrogens (tertiary/aromatic N) is 3. The van der Waals surface area contributed by atoms with E-state index < -0.39 is 0 Å². The van der Waals surface area contributed by atoms with E-state index in [-0.39, 0.29) is 0 Å². The van der Waals surface area contributed by atoms with Gasteiger partial charge in [-0.05, 0) is 40.1 Å². The molecular weight excluding hydrogens is 312 g/mol. The average molecular weight is 326 g/mol. The van der Waals surface area contributed by atoms with Crippen LogP contribution in [0.25, 0.3) is 33.2 Å². The second-order valence-corrected chi connectivity index (χ2v) is 5.64. The maximum absolute atomic E-state index is 9.06. The van der Waals surface area contributed by atoms with Gasteiger partial charge in [0.25, 0.3) is 0 Å². The highest BCUT2D eigenvalue weighted by molar-refractivity contribution is 5.88. The fraction of sp³-hybridized carbons (Fsp3) is 0.0500. The van der Waals surface area contributed by atoms with Gasteiger partial charge in [0.15, 0.2) is 5.69 Å². The Hall–Kier alpha value is -3.65. The fourth-order valence-corrected chi connectivity index (χ4v) is 2.86. The second kappa shape index (κ2) is 6.10. The van der Waals surface area contributed by atoms with E-state index in [1.807, 2.05) is 42.5 Å². The number of methoxy groups -OCH3 is 1. The van der Waals surface area contributed by atoms with Crippen LogP contribution >= 0.6 is 0 Å². The van der Waals surface area contributed by atoms with Crippen molar-refractivity contribution in [1.82, 2.24) is 15.4 Å². The van der Waals surface area contributed by atoms with Crippen LogP contribution in [-0.4, -0.2) is 22.5 Å². The zero-order valence-corrected chi connectivity index (χ0v) is 13.5. The van der Waals surface area contributed by atoms with Crippen LogP contribution in [0.1, 0.15) is 5.69 Å². The van der Waals surface area contributed by atoms with Crippen LogP contribution in [0, 0.1) is 11.3 Å². The van der Waals surface area contributed by atoms with E-state index in [9.17, 15) is 0 Å². The van der Waals surface area contributed by atoms with Gasteiger partial charge in [-0.25, -0.2) is 0 Å². The number of ether oxygens (including phenoxy) is 1. The Kier molecular flexibility index (Phi) is 3.64. The minimum absolute atomic E-state index is 0.299. The molecule has 0 saturated carbocycles. The molecule has 1 N–H and O–H groups in total. The highest BCUT2D eigenvalue weighted by Gasteiger charge is 2.10. The minimum atomic E-state index is 0.299. The van der Waals surface area contributed by atoms with Crippen molar-refractivity contribution in [3.8, 4) is 34.2 Å². The van der Waals surface area contributed by atoms with E-state index in [0.717, 1.165) is 33.2 Å². The first kappa shape index (κ1) is 14.9. The Morgan fingerprint density at radius 1 is 0.840 bits per heavy atom. The van der Waals surface area contributed by atoms with E-state index in [2.05, 4.69) is 39.7 Å². The third kappa shape index (κ3) is 2.70. The van der Waals surface area contributed by atoms with E-state index >= 15 is 0 Å². The van der Waals surface area contributed by atoms with Crippen LogP contribution in [-0.2, 0) is 0 Å². The molecule has 3 aromatic carbocycles. The summed E-state index contributed by atoms with van der Waals surface area (Å²) in [4.78, 5) is 0. The number of hydrogen-bond donors (Lipinski definition) is 1. The lowest BCUT2D eigenvalue weighted by molar-refractivity contribution is 0.415. The largest absolute Gasteiger partial charge is 0.497 e. The molecule has 0 spiro atoms. The van der Waals surface area contributed by atoms with Crippen LogP contribution in [0.3, 0.4) is 0 Å². The van der Waals surface area contributed by atoms with Crippen LogP contribution in [0.5, 0.6) is 5.75 Å². The summed E-state index contributed by atoms with van der Waals surface area (Å²) in [5, 5.41) is 21.7. The van der Waals surface area contributed by atoms with Crippen molar-refractivity contribution in [1.29, 1.82) is 5.26 Å². The van der Waals surface area contributed by atoms with E-state index in [1.54, 1.807) is 7.11 Å². The van der Waals surface area contributed by atoms with E-state index in [1.165, 1.54) is 0 Å². The first-order chi connectivity index (χ1) is 12.3. The molecule has 0 amide bonds. The van der Waals surface area contributed by atoms with Gasteiger partial charge in [0.05, 0.1) is 7.11 Å². The Balaban J connectivity index is 1.70. The molecule has 1 aromatic heterocycles. The van der Waals surface area contributed by atoms with Crippen molar-refractivity contribution < 1.29 is 4.74 Å². The Morgan fingerprint density at radius 2 is 1.52 bits per heavy atom. The average Bonchev–Trinajstić information content (AvgIpc) is 3.16. The minimum Gasteiger partial charge on any atom is -0.497 e. The number of hydrogen-bond acceptors (Lipinski definition) is 4. The molecule has 0 radical (unpaired) electrons. The molecule has 0 bridgehead atoms. The number of aromatic nitrogens is 3. The maximum Gasteiger partial charge on any atom is 0.190 e. The molecule has 120 valence electrons. The van der Waals surface area contributed by atoms with Gasteiger partial charge in [-0.15, -0.1) is 5.10 Å². The van der Waals surface area contributed by atoms with E-state index in [0.29, 0.717) is 11.4 Å². The number of aromatic amines is 1. The van der Waals surface area contributed by atoms with Gasteiger partial charge < -0.3 is 4.74 Å². The molecule has 25 heavy (non-hydrogen) atoms. The maximum atomic E-state index is 9.06. The Labute approximate surface area is 144 Å². The standard InChI is InChI=1S/C20H14N4O/c1-25-18-9-8-16-10-15(6-7-17(16)11-18)13-2-4-14(5-3-13)20-19(12-21)22-24-23-20/h2-11H,1H3,(H,22,23,24). The quantitative estimate of drug-likeness (QED) is 0.613. The predicted octanol–water partition coefficient (Wildman–Crippen LogP) is 4.17. The summed E-state index contributed by atoms with van der Waals surface area (Å²) in [6.07, 6.45) is 0. The molecule has 1 heterocycles. The summed E-state index contributed by atoms with van der Waals surface area (Å²) in [6.45, 7) is 0. The van der Waals surface area contributed by atoms with Crippen molar-refractivity contribution in [3.63, 3.8) is 0 Å². The van der Waals surface area contributed by atoms with Crippen LogP contribution in [0.15, 0.2) is 60.7 Å². The van der Waals surface area contributed by atoms with Crippen molar-refractivity contribution in [3.05, 3.63) is 66.4 Å². The zero-order chi connectivity index (χ0) is 17.2. The number of fused-ring (bicyclic) bond motifs is 1. The van der Waals surface area contributed by atoms with Gasteiger partial charge >= 0.3 is 0 Å². The predicted molar refractivity (Wildman–Crippen MR) is 96.0 cm³/mol. The summed E-state index contributed by atoms with van der Waals surface area (Å²) in [5.74, 6) is 0.852. The van der Waals surface area contributed by atoms with Crippen molar-refractivity contribution in [2.45, 2.75) is 0 Å². The number of nitrogens with one attached hydrogen (secondary N) is 1. The van der Waals surface area contributed by atoms with Gasteiger partial charge in [0, 0.05) is 5.56 Å². The summed E-state index contributed by atoms with van der Waals surface area (Å²) in [5.41, 5.74) is 3.96. The Bertz CT molecular complexity index is 1090. The SMILES string of the molecule is COc1ccc2cc(-c3ccc(-c4n[nH]nc4C#N)cc3)ccc2c1. The highest BCUT2D eigenvalue weighted by atomic mass is 16.5. The molecule has 4 aromatic rings. The van der Waals surface area contributed by atoms with Gasteiger partial charge in [-0.3, -0.25) is 0 Å². The molecule has 0 unspecified atom stereocenters. The number of H-pyrrole nitrogens is 1. The Morgan fingerprint density at radius 3 is 2.28 bits per heavy atom. The van der Waals surface area contributed by atoms with E-state index in [4.69, 9.17) is 10.00 Å². The normalized spacial score (nSPS) is 10.6. The lowest BCUT2D eigenvalue weighted by Crippen LogP contribution is -1.85. The summed E-state index contributed by atoms with van der Waals surface area (Å²) in [7, 11) is 1.67. The molecule has 0 saturated heterocycles. The number of benzene rings is 3. The lowest BCUT2D eigenvalue weighted by atomic mass is 9.99. The zero-order valence-electron chi connectivity index (χ0n) is 13.5. The smallest absolute Gasteiger partial charge is 0.190 e. The highest BCUT2D eigenvalue weighted by Crippen LogP contribution is 2.29. The van der Waals surface area contributed by atoms with Crippen LogP contribution < -0.4 is 4.74 Å². The van der Waals surface area contributed by atoms with Crippen molar-refractivity contribution in [2.24, 2.45) is 0 Å². The van der Waals surface area contributed by atoms with Crippen LogP contribution in [0.4, 0.5) is 0 Å². The van der Waals surface area contributed by atoms with Crippen molar-refractivity contribution >= 4 is 10.8 Å². The van der Waals surface area contributed by atoms with Gasteiger partial charge in [0.2, 0.25) is 0 Å². The third-order valence-corrected chi connectivity index (χ3v) is 4.19. The second-order valence-electron chi connectivity index (χ2n) is 5.64. The first-order valence-electron chi connectivity index (χ1n) is 7.78. The van der Waals surface area contributed by atoms with Gasteiger partial charge in [0.1, 0.15) is 17.5 Å². The first-order valence-corrected chi connectivity index (χ1v) is 7.78. The molecule has 0 aliphatic heterocycles. The number of rotatable bonds is 3. The van der Waals surface area contributed by atoms with Crippen LogP contribution in [0.2, 0.25) is 0 Å². The molecule has 0 atom stereocenters. The molecule has 5 heteroatoms. The molecule has 0 aliphatic rings. The molecule has 0 aliphatic carbocycles. The topological polar surface area (TPSA) is 74.6 Å². The summed E-state index contributed by atoms with van der Waals surface area (Å²) < 4.78 is 5.27. The lowest BCUT2D eigenvalue weighted by Gasteiger charge is -2.07. The van der Waals surface area contributed by atoms with Crippen molar-refractivity contribution in [2.75, 3.05) is 7.11 Å².